The smallest absolute Gasteiger partial charge is 0.264 e. The first kappa shape index (κ1) is 23.1. The van der Waals surface area contributed by atoms with Crippen LogP contribution in [0.2, 0.25) is 10.0 Å². The van der Waals surface area contributed by atoms with Crippen molar-refractivity contribution in [2.75, 3.05) is 16.2 Å². The van der Waals surface area contributed by atoms with E-state index in [0.29, 0.717) is 10.7 Å². The van der Waals surface area contributed by atoms with Crippen molar-refractivity contribution in [3.8, 4) is 0 Å². The van der Waals surface area contributed by atoms with Crippen molar-refractivity contribution in [1.29, 1.82) is 0 Å². The predicted octanol–water partition coefficient (Wildman–Crippen LogP) is 5.75. The highest BCUT2D eigenvalue weighted by Crippen LogP contribution is 2.33. The molecule has 0 unspecified atom stereocenters. The summed E-state index contributed by atoms with van der Waals surface area (Å²) in [6.07, 6.45) is 0. The van der Waals surface area contributed by atoms with Crippen LogP contribution in [-0.4, -0.2) is 20.9 Å². The summed E-state index contributed by atoms with van der Waals surface area (Å²) in [4.78, 5) is 13.0. The second-order valence-electron chi connectivity index (χ2n) is 7.24. The van der Waals surface area contributed by atoms with E-state index in [-0.39, 0.29) is 15.6 Å². The average Bonchev–Trinajstić information content (AvgIpc) is 2.71. The number of carbonyl (C=O) groups excluding carboxylic acids is 1. The molecule has 0 atom stereocenters. The molecule has 0 fully saturated rings. The molecular formula is C23H22Cl2N2O3S. The van der Waals surface area contributed by atoms with Crippen LogP contribution < -0.4 is 9.62 Å². The van der Waals surface area contributed by atoms with Crippen LogP contribution >= 0.6 is 23.2 Å². The highest BCUT2D eigenvalue weighted by Gasteiger charge is 2.29. The summed E-state index contributed by atoms with van der Waals surface area (Å²) in [6.45, 7) is 5.29. The fourth-order valence-corrected chi connectivity index (χ4v) is 5.27. The lowest BCUT2D eigenvalue weighted by molar-refractivity contribution is -0.114. The van der Waals surface area contributed by atoms with Crippen LogP contribution in [0, 0.1) is 20.8 Å². The molecule has 0 bridgehead atoms. The fraction of sp³-hybridized carbons (Fsp3) is 0.174. The van der Waals surface area contributed by atoms with Gasteiger partial charge in [0.1, 0.15) is 6.54 Å². The summed E-state index contributed by atoms with van der Waals surface area (Å²) in [7, 11) is -4.08. The van der Waals surface area contributed by atoms with E-state index < -0.39 is 22.5 Å². The number of sulfonamides is 1. The summed E-state index contributed by atoms with van der Waals surface area (Å²) >= 11 is 12.4. The van der Waals surface area contributed by atoms with Gasteiger partial charge in [0.05, 0.1) is 15.6 Å². The van der Waals surface area contributed by atoms with Crippen LogP contribution in [0.15, 0.2) is 65.6 Å². The zero-order chi connectivity index (χ0) is 22.8. The van der Waals surface area contributed by atoms with Gasteiger partial charge in [0.25, 0.3) is 10.0 Å². The normalized spacial score (nSPS) is 11.3. The van der Waals surface area contributed by atoms with Crippen molar-refractivity contribution >= 4 is 50.5 Å². The molecule has 162 valence electrons. The Kier molecular flexibility index (Phi) is 6.94. The lowest BCUT2D eigenvalue weighted by Crippen LogP contribution is -2.38. The first-order valence-corrected chi connectivity index (χ1v) is 11.7. The molecule has 0 saturated carbocycles. The van der Waals surface area contributed by atoms with Gasteiger partial charge in [0.15, 0.2) is 0 Å². The maximum atomic E-state index is 13.4. The van der Waals surface area contributed by atoms with Gasteiger partial charge < -0.3 is 5.32 Å². The number of rotatable bonds is 6. The highest BCUT2D eigenvalue weighted by molar-refractivity contribution is 7.92. The van der Waals surface area contributed by atoms with Crippen molar-refractivity contribution in [1.82, 2.24) is 0 Å². The van der Waals surface area contributed by atoms with E-state index in [1.165, 1.54) is 24.3 Å². The number of amides is 1. The number of halogens is 2. The number of hydrogen-bond donors (Lipinski definition) is 1. The van der Waals surface area contributed by atoms with E-state index in [1.54, 1.807) is 24.3 Å². The molecule has 0 aliphatic carbocycles. The lowest BCUT2D eigenvalue weighted by atomic mass is 10.1. The molecule has 3 rings (SSSR count). The molecule has 0 aliphatic rings. The fourth-order valence-electron chi connectivity index (χ4n) is 3.38. The van der Waals surface area contributed by atoms with Gasteiger partial charge in [-0.25, -0.2) is 8.42 Å². The van der Waals surface area contributed by atoms with Crippen LogP contribution in [0.3, 0.4) is 0 Å². The van der Waals surface area contributed by atoms with Crippen molar-refractivity contribution < 1.29 is 13.2 Å². The number of benzene rings is 3. The monoisotopic (exact) mass is 476 g/mol. The molecule has 0 saturated heterocycles. The number of aryl methyl sites for hydroxylation is 3. The summed E-state index contributed by atoms with van der Waals surface area (Å²) in [5.41, 5.74) is 3.65. The molecule has 0 aliphatic heterocycles. The summed E-state index contributed by atoms with van der Waals surface area (Å²) in [5.74, 6) is -0.495. The Morgan fingerprint density at radius 3 is 2.16 bits per heavy atom. The van der Waals surface area contributed by atoms with Crippen molar-refractivity contribution in [3.63, 3.8) is 0 Å². The predicted molar refractivity (Wildman–Crippen MR) is 127 cm³/mol. The molecule has 3 aromatic rings. The van der Waals surface area contributed by atoms with E-state index in [4.69, 9.17) is 23.2 Å². The molecule has 3 aromatic carbocycles. The van der Waals surface area contributed by atoms with E-state index in [9.17, 15) is 13.2 Å². The summed E-state index contributed by atoms with van der Waals surface area (Å²) in [5, 5.41) is 3.31. The average molecular weight is 477 g/mol. The topological polar surface area (TPSA) is 66.5 Å². The lowest BCUT2D eigenvalue weighted by Gasteiger charge is -2.25. The van der Waals surface area contributed by atoms with E-state index in [1.807, 2.05) is 32.9 Å². The van der Waals surface area contributed by atoms with Crippen LogP contribution in [0.5, 0.6) is 0 Å². The summed E-state index contributed by atoms with van der Waals surface area (Å²) in [6, 6.07) is 16.3. The SMILES string of the molecule is Cc1cc(C)c(NC(=O)CN(c2cc(Cl)ccc2Cl)S(=O)(=O)c2ccccc2)c(C)c1. The number of nitrogens with one attached hydrogen (secondary N) is 1. The Morgan fingerprint density at radius 2 is 1.55 bits per heavy atom. The van der Waals surface area contributed by atoms with Gasteiger partial charge in [0.2, 0.25) is 5.91 Å². The van der Waals surface area contributed by atoms with Gasteiger partial charge >= 0.3 is 0 Å². The van der Waals surface area contributed by atoms with E-state index in [2.05, 4.69) is 5.32 Å². The maximum absolute atomic E-state index is 13.4. The molecule has 31 heavy (non-hydrogen) atoms. The molecular weight excluding hydrogens is 455 g/mol. The van der Waals surface area contributed by atoms with Crippen molar-refractivity contribution in [3.05, 3.63) is 87.4 Å². The first-order chi connectivity index (χ1) is 14.6. The Morgan fingerprint density at radius 1 is 0.935 bits per heavy atom. The number of carbonyl (C=O) groups is 1. The Balaban J connectivity index is 2.02. The minimum absolute atomic E-state index is 0.0431. The molecule has 5 nitrogen and oxygen atoms in total. The van der Waals surface area contributed by atoms with Gasteiger partial charge in [-0.3, -0.25) is 9.10 Å². The number of hydrogen-bond acceptors (Lipinski definition) is 3. The van der Waals surface area contributed by atoms with Gasteiger partial charge in [-0.2, -0.15) is 0 Å². The van der Waals surface area contributed by atoms with Crippen LogP contribution in [0.4, 0.5) is 11.4 Å². The van der Waals surface area contributed by atoms with Crippen LogP contribution in [0.1, 0.15) is 16.7 Å². The van der Waals surface area contributed by atoms with Crippen LogP contribution in [0.25, 0.3) is 0 Å². The maximum Gasteiger partial charge on any atom is 0.264 e. The zero-order valence-corrected chi connectivity index (χ0v) is 19.6. The minimum Gasteiger partial charge on any atom is -0.324 e. The van der Waals surface area contributed by atoms with Crippen molar-refractivity contribution in [2.45, 2.75) is 25.7 Å². The molecule has 0 aromatic heterocycles. The largest absolute Gasteiger partial charge is 0.324 e. The molecule has 0 spiro atoms. The van der Waals surface area contributed by atoms with Gasteiger partial charge in [0, 0.05) is 10.7 Å². The third kappa shape index (κ3) is 5.21. The molecule has 1 N–H and O–H groups in total. The third-order valence-electron chi connectivity index (χ3n) is 4.74. The van der Waals surface area contributed by atoms with Crippen LogP contribution in [-0.2, 0) is 14.8 Å². The van der Waals surface area contributed by atoms with Gasteiger partial charge in [-0.05, 0) is 62.2 Å². The third-order valence-corrected chi connectivity index (χ3v) is 7.07. The molecule has 0 heterocycles. The highest BCUT2D eigenvalue weighted by atomic mass is 35.5. The van der Waals surface area contributed by atoms with Crippen molar-refractivity contribution in [2.24, 2.45) is 0 Å². The van der Waals surface area contributed by atoms with E-state index >= 15 is 0 Å². The Hall–Kier alpha value is -2.54. The quantitative estimate of drug-likeness (QED) is 0.492. The standard InChI is InChI=1S/C23H22Cl2N2O3S/c1-15-11-16(2)23(17(3)12-15)26-22(28)14-27(21-13-18(24)9-10-20(21)25)31(29,30)19-7-5-4-6-8-19/h4-13H,14H2,1-3H3,(H,26,28). The molecule has 1 amide bonds. The minimum atomic E-state index is -4.08. The first-order valence-electron chi connectivity index (χ1n) is 9.50. The second-order valence-corrected chi connectivity index (χ2v) is 9.95. The number of anilines is 2. The van der Waals surface area contributed by atoms with E-state index in [0.717, 1.165) is 21.0 Å². The second kappa shape index (κ2) is 9.30. The Labute approximate surface area is 192 Å². The Bertz CT molecular complexity index is 1210. The van der Waals surface area contributed by atoms with Gasteiger partial charge in [-0.15, -0.1) is 0 Å². The number of nitrogens with zero attached hydrogens (tertiary/aromatic N) is 1. The van der Waals surface area contributed by atoms with Gasteiger partial charge in [-0.1, -0.05) is 59.1 Å². The zero-order valence-electron chi connectivity index (χ0n) is 17.3. The molecule has 8 heteroatoms. The summed E-state index contributed by atoms with van der Waals surface area (Å²) < 4.78 is 27.8. The molecule has 0 radical (unpaired) electrons.